The number of amides is 1. The Balaban J connectivity index is 1.54. The van der Waals surface area contributed by atoms with Crippen LogP contribution >= 0.6 is 0 Å². The van der Waals surface area contributed by atoms with Gasteiger partial charge >= 0.3 is 0 Å². The van der Waals surface area contributed by atoms with Gasteiger partial charge in [0.25, 0.3) is 0 Å². The van der Waals surface area contributed by atoms with Crippen LogP contribution in [0.4, 0.5) is 0 Å². The van der Waals surface area contributed by atoms with Crippen molar-refractivity contribution in [3.05, 3.63) is 53.1 Å². The lowest BCUT2D eigenvalue weighted by molar-refractivity contribution is -0.918. The minimum Gasteiger partial charge on any atom is -0.493 e. The molecule has 0 spiro atoms. The third-order valence-corrected chi connectivity index (χ3v) is 5.66. The van der Waals surface area contributed by atoms with E-state index >= 15 is 0 Å². The fraction of sp³-hybridized carbons (Fsp3) is 0.458. The van der Waals surface area contributed by atoms with Crippen molar-refractivity contribution in [2.75, 3.05) is 34.4 Å². The molecule has 2 aromatic carbocycles. The van der Waals surface area contributed by atoms with Crippen molar-refractivity contribution in [1.29, 1.82) is 0 Å². The summed E-state index contributed by atoms with van der Waals surface area (Å²) < 4.78 is 16.1. The van der Waals surface area contributed by atoms with Crippen molar-refractivity contribution in [2.45, 2.75) is 38.8 Å². The van der Waals surface area contributed by atoms with Crippen molar-refractivity contribution in [1.82, 2.24) is 5.32 Å². The van der Waals surface area contributed by atoms with Gasteiger partial charge in [-0.25, -0.2) is 0 Å². The molecular weight excluding hydrogens is 380 g/mol. The van der Waals surface area contributed by atoms with Crippen molar-refractivity contribution in [3.8, 4) is 17.2 Å². The average molecular weight is 414 g/mol. The third-order valence-electron chi connectivity index (χ3n) is 5.66. The number of carbonyl (C=O) groups excluding carboxylic acids is 1. The highest BCUT2D eigenvalue weighted by Crippen LogP contribution is 2.39. The van der Waals surface area contributed by atoms with Crippen molar-refractivity contribution in [2.24, 2.45) is 0 Å². The number of benzene rings is 2. The molecule has 162 valence electrons. The van der Waals surface area contributed by atoms with E-state index in [1.165, 1.54) is 37.9 Å². The number of methoxy groups -OCH3 is 3. The Morgan fingerprint density at radius 2 is 1.53 bits per heavy atom. The Hall–Kier alpha value is -2.73. The first kappa shape index (κ1) is 22.0. The molecule has 1 aliphatic rings. The zero-order valence-corrected chi connectivity index (χ0v) is 18.3. The molecule has 1 aliphatic heterocycles. The summed E-state index contributed by atoms with van der Waals surface area (Å²) in [5, 5.41) is 2.99. The van der Waals surface area contributed by atoms with Crippen LogP contribution in [0.1, 0.15) is 36.0 Å². The molecule has 1 amide bonds. The van der Waals surface area contributed by atoms with Gasteiger partial charge in [-0.15, -0.1) is 0 Å². The number of likely N-dealkylation sites (tertiary alicyclic amines) is 1. The van der Waals surface area contributed by atoms with Gasteiger partial charge in [-0.05, 0) is 30.9 Å². The fourth-order valence-corrected chi connectivity index (χ4v) is 4.03. The summed E-state index contributed by atoms with van der Waals surface area (Å²) in [5.41, 5.74) is 3.21. The second-order valence-corrected chi connectivity index (χ2v) is 7.75. The summed E-state index contributed by atoms with van der Waals surface area (Å²) in [6.07, 6.45) is 4.26. The molecule has 1 fully saturated rings. The van der Waals surface area contributed by atoms with E-state index < -0.39 is 0 Å². The molecular formula is C24H33N2O4+. The van der Waals surface area contributed by atoms with E-state index in [0.29, 0.717) is 23.8 Å². The van der Waals surface area contributed by atoms with E-state index in [4.69, 9.17) is 14.2 Å². The van der Waals surface area contributed by atoms with E-state index in [1.54, 1.807) is 32.3 Å². The smallest absolute Gasteiger partial charge is 0.224 e. The Labute approximate surface area is 179 Å². The highest BCUT2D eigenvalue weighted by molar-refractivity contribution is 5.80. The molecule has 6 heteroatoms. The van der Waals surface area contributed by atoms with Gasteiger partial charge in [0, 0.05) is 17.7 Å². The van der Waals surface area contributed by atoms with Crippen molar-refractivity contribution < 1.29 is 23.9 Å². The molecule has 2 N–H and O–H groups in total. The maximum absolute atomic E-state index is 12.5. The Bertz CT molecular complexity index is 830. The summed E-state index contributed by atoms with van der Waals surface area (Å²) in [6.45, 7) is 4.14. The first-order valence-electron chi connectivity index (χ1n) is 10.6. The van der Waals surface area contributed by atoms with Gasteiger partial charge in [0.2, 0.25) is 11.7 Å². The molecule has 1 saturated heterocycles. The lowest BCUT2D eigenvalue weighted by Crippen LogP contribution is -3.11. The van der Waals surface area contributed by atoms with Crippen LogP contribution in [0.2, 0.25) is 0 Å². The van der Waals surface area contributed by atoms with Gasteiger partial charge in [0.15, 0.2) is 11.5 Å². The minimum absolute atomic E-state index is 0.0673. The maximum Gasteiger partial charge on any atom is 0.224 e. The molecule has 0 atom stereocenters. The molecule has 1 heterocycles. The maximum atomic E-state index is 12.5. The van der Waals surface area contributed by atoms with Crippen LogP contribution < -0.4 is 24.4 Å². The topological polar surface area (TPSA) is 61.2 Å². The number of carbonyl (C=O) groups is 1. The third kappa shape index (κ3) is 5.66. The molecule has 30 heavy (non-hydrogen) atoms. The number of hydrogen-bond acceptors (Lipinski definition) is 4. The minimum atomic E-state index is -0.0673. The van der Waals surface area contributed by atoms with Gasteiger partial charge in [-0.2, -0.15) is 0 Å². The standard InChI is InChI=1S/C24H32N2O4/c1-28-21-12-11-20(23(29-2)24(21)30-3)15-22(27)25-16-18-7-9-19(10-8-18)17-26-13-5-4-6-14-26/h7-12H,4-6,13-17H2,1-3H3,(H,25,27)/p+1. The van der Waals surface area contributed by atoms with Crippen LogP contribution in [-0.4, -0.2) is 40.3 Å². The molecule has 2 aromatic rings. The highest BCUT2D eigenvalue weighted by Gasteiger charge is 2.18. The van der Waals surface area contributed by atoms with E-state index in [1.807, 2.05) is 6.07 Å². The molecule has 3 rings (SSSR count). The summed E-state index contributed by atoms with van der Waals surface area (Å²) >= 11 is 0. The number of hydrogen-bond donors (Lipinski definition) is 2. The van der Waals surface area contributed by atoms with Crippen molar-refractivity contribution >= 4 is 5.91 Å². The van der Waals surface area contributed by atoms with Crippen LogP contribution in [0.25, 0.3) is 0 Å². The number of rotatable bonds is 9. The second kappa shape index (κ2) is 10.9. The van der Waals surface area contributed by atoms with E-state index in [9.17, 15) is 4.79 Å². The molecule has 0 bridgehead atoms. The monoisotopic (exact) mass is 413 g/mol. The molecule has 0 unspecified atom stereocenters. The molecule has 0 aromatic heterocycles. The van der Waals surface area contributed by atoms with Crippen LogP contribution in [0.5, 0.6) is 17.2 Å². The largest absolute Gasteiger partial charge is 0.493 e. The van der Waals surface area contributed by atoms with E-state index in [2.05, 4.69) is 29.6 Å². The Morgan fingerprint density at radius 1 is 0.867 bits per heavy atom. The molecule has 0 aliphatic carbocycles. The van der Waals surface area contributed by atoms with Crippen LogP contribution in [0.15, 0.2) is 36.4 Å². The van der Waals surface area contributed by atoms with Gasteiger partial charge in [-0.3, -0.25) is 4.79 Å². The van der Waals surface area contributed by atoms with Gasteiger partial charge in [0.05, 0.1) is 40.8 Å². The SMILES string of the molecule is COc1ccc(CC(=O)NCc2ccc(C[NH+]3CCCCC3)cc2)c(OC)c1OC. The summed E-state index contributed by atoms with van der Waals surface area (Å²) in [7, 11) is 4.69. The molecule has 0 saturated carbocycles. The van der Waals surface area contributed by atoms with E-state index in [-0.39, 0.29) is 12.3 Å². The average Bonchev–Trinajstić information content (AvgIpc) is 2.78. The first-order chi connectivity index (χ1) is 14.6. The fourth-order valence-electron chi connectivity index (χ4n) is 4.03. The second-order valence-electron chi connectivity index (χ2n) is 7.75. The van der Waals surface area contributed by atoms with Crippen molar-refractivity contribution in [3.63, 3.8) is 0 Å². The normalized spacial score (nSPS) is 14.2. The summed E-state index contributed by atoms with van der Waals surface area (Å²) in [6, 6.07) is 12.2. The summed E-state index contributed by atoms with van der Waals surface area (Å²) in [5.74, 6) is 1.53. The van der Waals surface area contributed by atoms with Crippen LogP contribution in [0, 0.1) is 0 Å². The lowest BCUT2D eigenvalue weighted by atomic mass is 10.1. The van der Waals surface area contributed by atoms with Crippen LogP contribution in [-0.2, 0) is 24.3 Å². The number of piperidine rings is 1. The van der Waals surface area contributed by atoms with Gasteiger partial charge < -0.3 is 24.4 Å². The molecule has 0 radical (unpaired) electrons. The first-order valence-corrected chi connectivity index (χ1v) is 10.6. The predicted molar refractivity (Wildman–Crippen MR) is 116 cm³/mol. The zero-order valence-electron chi connectivity index (χ0n) is 18.3. The Morgan fingerprint density at radius 3 is 2.17 bits per heavy atom. The van der Waals surface area contributed by atoms with Gasteiger partial charge in [0.1, 0.15) is 6.54 Å². The van der Waals surface area contributed by atoms with Crippen LogP contribution in [0.3, 0.4) is 0 Å². The molecule has 6 nitrogen and oxygen atoms in total. The highest BCUT2D eigenvalue weighted by atomic mass is 16.5. The summed E-state index contributed by atoms with van der Waals surface area (Å²) in [4.78, 5) is 14.2. The number of ether oxygens (including phenoxy) is 3. The Kier molecular flexibility index (Phi) is 7.97. The zero-order chi connectivity index (χ0) is 21.3. The quantitative estimate of drug-likeness (QED) is 0.661. The lowest BCUT2D eigenvalue weighted by Gasteiger charge is -2.23. The number of nitrogens with one attached hydrogen (secondary N) is 2. The number of quaternary nitrogens is 1. The van der Waals surface area contributed by atoms with Gasteiger partial charge in [-0.1, -0.05) is 30.3 Å². The van der Waals surface area contributed by atoms with E-state index in [0.717, 1.165) is 17.7 Å². The predicted octanol–water partition coefficient (Wildman–Crippen LogP) is 2.14.